The van der Waals surface area contributed by atoms with Crippen LogP contribution in [-0.4, -0.2) is 43.4 Å². The van der Waals surface area contributed by atoms with E-state index in [1.165, 1.54) is 4.88 Å². The number of thiophene rings is 1. The molecule has 0 aliphatic carbocycles. The molecule has 1 N–H and O–H groups in total. The third-order valence-corrected chi connectivity index (χ3v) is 4.89. The van der Waals surface area contributed by atoms with Crippen molar-refractivity contribution in [3.63, 3.8) is 0 Å². The lowest BCUT2D eigenvalue weighted by atomic mass is 10.1. The molecule has 5 heteroatoms. The van der Waals surface area contributed by atoms with Gasteiger partial charge >= 0.3 is 0 Å². The van der Waals surface area contributed by atoms with Crippen molar-refractivity contribution in [3.8, 4) is 5.75 Å². The molecule has 1 aromatic carbocycles. The predicted octanol–water partition coefficient (Wildman–Crippen LogP) is 2.86. The smallest absolute Gasteiger partial charge is 0.119 e. The summed E-state index contributed by atoms with van der Waals surface area (Å²) in [6.45, 7) is 2.98. The van der Waals surface area contributed by atoms with Gasteiger partial charge in [0.15, 0.2) is 0 Å². The molecule has 1 aliphatic heterocycles. The van der Waals surface area contributed by atoms with Crippen molar-refractivity contribution in [3.05, 3.63) is 52.2 Å². The van der Waals surface area contributed by atoms with Crippen LogP contribution in [0.4, 0.5) is 0 Å². The highest BCUT2D eigenvalue weighted by Crippen LogP contribution is 2.27. The predicted molar refractivity (Wildman–Crippen MR) is 87.4 cm³/mol. The first-order valence-electron chi connectivity index (χ1n) is 7.45. The SMILES string of the molecule is COc1cccc(C(O)CN2CCOC(c3cccs3)C2)c1. The number of benzene rings is 1. The van der Waals surface area contributed by atoms with Gasteiger partial charge in [-0.05, 0) is 29.1 Å². The fourth-order valence-corrected chi connectivity index (χ4v) is 3.48. The number of methoxy groups -OCH3 is 1. The Hall–Kier alpha value is -1.40. The molecule has 2 aromatic rings. The molecule has 22 heavy (non-hydrogen) atoms. The zero-order chi connectivity index (χ0) is 15.4. The highest BCUT2D eigenvalue weighted by atomic mass is 32.1. The lowest BCUT2D eigenvalue weighted by molar-refractivity contribution is -0.0408. The zero-order valence-corrected chi connectivity index (χ0v) is 13.5. The summed E-state index contributed by atoms with van der Waals surface area (Å²) in [5.41, 5.74) is 0.888. The van der Waals surface area contributed by atoms with Gasteiger partial charge in [-0.1, -0.05) is 18.2 Å². The first-order chi connectivity index (χ1) is 10.8. The van der Waals surface area contributed by atoms with Crippen LogP contribution in [0.5, 0.6) is 5.75 Å². The van der Waals surface area contributed by atoms with Gasteiger partial charge in [-0.3, -0.25) is 4.90 Å². The maximum atomic E-state index is 10.5. The average Bonchev–Trinajstić information content (AvgIpc) is 3.10. The largest absolute Gasteiger partial charge is 0.497 e. The zero-order valence-electron chi connectivity index (χ0n) is 12.6. The van der Waals surface area contributed by atoms with E-state index in [0.717, 1.165) is 24.4 Å². The van der Waals surface area contributed by atoms with Crippen molar-refractivity contribution < 1.29 is 14.6 Å². The molecule has 0 spiro atoms. The lowest BCUT2D eigenvalue weighted by Gasteiger charge is -2.33. The number of β-amino-alcohol motifs (C(OH)–C–C–N with tert-alkyl or cyclic N) is 1. The van der Waals surface area contributed by atoms with Gasteiger partial charge < -0.3 is 14.6 Å². The van der Waals surface area contributed by atoms with Gasteiger partial charge in [-0.15, -0.1) is 11.3 Å². The van der Waals surface area contributed by atoms with E-state index in [-0.39, 0.29) is 6.10 Å². The number of ether oxygens (including phenoxy) is 2. The van der Waals surface area contributed by atoms with E-state index < -0.39 is 6.10 Å². The Morgan fingerprint density at radius 3 is 3.09 bits per heavy atom. The molecule has 2 heterocycles. The summed E-state index contributed by atoms with van der Waals surface area (Å²) in [6.07, 6.45) is -0.400. The first kappa shape index (κ1) is 15.5. The van der Waals surface area contributed by atoms with Crippen LogP contribution in [-0.2, 0) is 4.74 Å². The molecule has 0 bridgehead atoms. The van der Waals surface area contributed by atoms with Gasteiger partial charge in [0.25, 0.3) is 0 Å². The Bertz CT molecular complexity index is 587. The molecular weight excluding hydrogens is 298 g/mol. The molecule has 1 saturated heterocycles. The van der Waals surface area contributed by atoms with Crippen LogP contribution >= 0.6 is 11.3 Å². The minimum absolute atomic E-state index is 0.117. The van der Waals surface area contributed by atoms with Crippen molar-refractivity contribution in [1.29, 1.82) is 0 Å². The number of nitrogens with zero attached hydrogens (tertiary/aromatic N) is 1. The summed E-state index contributed by atoms with van der Waals surface area (Å²) in [5, 5.41) is 12.5. The highest BCUT2D eigenvalue weighted by molar-refractivity contribution is 7.10. The van der Waals surface area contributed by atoms with Gasteiger partial charge in [-0.2, -0.15) is 0 Å². The van der Waals surface area contributed by atoms with Crippen molar-refractivity contribution in [2.24, 2.45) is 0 Å². The van der Waals surface area contributed by atoms with Crippen molar-refractivity contribution in [2.45, 2.75) is 12.2 Å². The molecule has 1 aliphatic rings. The minimum atomic E-state index is -0.516. The Labute approximate surface area is 134 Å². The molecule has 2 unspecified atom stereocenters. The van der Waals surface area contributed by atoms with Crippen LogP contribution in [0.25, 0.3) is 0 Å². The van der Waals surface area contributed by atoms with E-state index in [4.69, 9.17) is 9.47 Å². The average molecular weight is 319 g/mol. The molecule has 3 rings (SSSR count). The number of aliphatic hydroxyl groups is 1. The summed E-state index contributed by atoms with van der Waals surface area (Å²) >= 11 is 1.72. The van der Waals surface area contributed by atoms with E-state index in [0.29, 0.717) is 13.2 Å². The number of hydrogen-bond donors (Lipinski definition) is 1. The minimum Gasteiger partial charge on any atom is -0.497 e. The second-order valence-corrected chi connectivity index (χ2v) is 6.41. The van der Waals surface area contributed by atoms with Crippen LogP contribution in [0, 0.1) is 0 Å². The Morgan fingerprint density at radius 2 is 2.32 bits per heavy atom. The molecule has 0 radical (unpaired) electrons. The molecule has 4 nitrogen and oxygen atoms in total. The van der Waals surface area contributed by atoms with Gasteiger partial charge in [-0.25, -0.2) is 0 Å². The fourth-order valence-electron chi connectivity index (χ4n) is 2.71. The van der Waals surface area contributed by atoms with Crippen LogP contribution in [0.3, 0.4) is 0 Å². The van der Waals surface area contributed by atoms with Crippen molar-refractivity contribution in [2.75, 3.05) is 33.4 Å². The maximum absolute atomic E-state index is 10.5. The quantitative estimate of drug-likeness (QED) is 0.920. The summed E-state index contributed by atoms with van der Waals surface area (Å²) in [6, 6.07) is 11.8. The van der Waals surface area contributed by atoms with E-state index in [1.54, 1.807) is 18.4 Å². The van der Waals surface area contributed by atoms with E-state index >= 15 is 0 Å². The Kier molecular flexibility index (Phi) is 5.10. The number of rotatable bonds is 5. The Balaban J connectivity index is 1.62. The normalized spacial score (nSPS) is 20.7. The third kappa shape index (κ3) is 3.67. The highest BCUT2D eigenvalue weighted by Gasteiger charge is 2.24. The molecule has 1 aromatic heterocycles. The van der Waals surface area contributed by atoms with E-state index in [1.807, 2.05) is 30.3 Å². The van der Waals surface area contributed by atoms with Gasteiger partial charge in [0.2, 0.25) is 0 Å². The number of aliphatic hydroxyl groups excluding tert-OH is 1. The standard InChI is InChI=1S/C17H21NO3S/c1-20-14-5-2-4-13(10-14)15(19)11-18-7-8-21-16(12-18)17-6-3-9-22-17/h2-6,9-10,15-16,19H,7-8,11-12H2,1H3. The van der Waals surface area contributed by atoms with Crippen LogP contribution < -0.4 is 4.74 Å². The van der Waals surface area contributed by atoms with Gasteiger partial charge in [0.05, 0.1) is 19.8 Å². The number of hydrogen-bond acceptors (Lipinski definition) is 5. The van der Waals surface area contributed by atoms with Crippen LogP contribution in [0.1, 0.15) is 22.6 Å². The maximum Gasteiger partial charge on any atom is 0.119 e. The Morgan fingerprint density at radius 1 is 1.41 bits per heavy atom. The summed E-state index contributed by atoms with van der Waals surface area (Å²) in [4.78, 5) is 3.51. The number of morpholine rings is 1. The summed E-state index contributed by atoms with van der Waals surface area (Å²) in [5.74, 6) is 0.773. The second-order valence-electron chi connectivity index (χ2n) is 5.43. The molecule has 0 saturated carbocycles. The van der Waals surface area contributed by atoms with E-state index in [2.05, 4.69) is 16.3 Å². The topological polar surface area (TPSA) is 41.9 Å². The molecule has 1 fully saturated rings. The summed E-state index contributed by atoms with van der Waals surface area (Å²) < 4.78 is 11.1. The first-order valence-corrected chi connectivity index (χ1v) is 8.33. The molecule has 118 valence electrons. The lowest BCUT2D eigenvalue weighted by Crippen LogP contribution is -2.40. The second kappa shape index (κ2) is 7.24. The van der Waals surface area contributed by atoms with Crippen LogP contribution in [0.2, 0.25) is 0 Å². The van der Waals surface area contributed by atoms with Crippen molar-refractivity contribution >= 4 is 11.3 Å². The van der Waals surface area contributed by atoms with E-state index in [9.17, 15) is 5.11 Å². The van der Waals surface area contributed by atoms with Crippen LogP contribution in [0.15, 0.2) is 41.8 Å². The monoisotopic (exact) mass is 319 g/mol. The molecule has 2 atom stereocenters. The van der Waals surface area contributed by atoms with Gasteiger partial charge in [0.1, 0.15) is 11.9 Å². The van der Waals surface area contributed by atoms with Gasteiger partial charge in [0, 0.05) is 24.5 Å². The fraction of sp³-hybridized carbons (Fsp3) is 0.412. The molecular formula is C17H21NO3S. The van der Waals surface area contributed by atoms with Crippen molar-refractivity contribution in [1.82, 2.24) is 4.90 Å². The molecule has 0 amide bonds. The summed E-state index contributed by atoms with van der Waals surface area (Å²) in [7, 11) is 1.64. The third-order valence-electron chi connectivity index (χ3n) is 3.92.